The third kappa shape index (κ3) is 3.84. The third-order valence-corrected chi connectivity index (χ3v) is 3.63. The summed E-state index contributed by atoms with van der Waals surface area (Å²) >= 11 is 0. The first-order valence-electron chi connectivity index (χ1n) is 7.61. The Labute approximate surface area is 137 Å². The van der Waals surface area contributed by atoms with E-state index in [9.17, 15) is 14.0 Å². The van der Waals surface area contributed by atoms with Crippen LogP contribution in [0.15, 0.2) is 53.3 Å². The molecule has 24 heavy (non-hydrogen) atoms. The van der Waals surface area contributed by atoms with Crippen LogP contribution < -0.4 is 10.9 Å². The number of aromatic nitrogens is 2. The Bertz CT molecular complexity index is 937. The lowest BCUT2D eigenvalue weighted by atomic mass is 10.2. The Morgan fingerprint density at radius 3 is 2.83 bits per heavy atom. The number of nitrogens with one attached hydrogen (secondary N) is 2. The number of rotatable bonds is 5. The van der Waals surface area contributed by atoms with Gasteiger partial charge in [0.25, 0.3) is 5.56 Å². The molecule has 0 aliphatic rings. The summed E-state index contributed by atoms with van der Waals surface area (Å²) in [6.07, 6.45) is 0.519. The van der Waals surface area contributed by atoms with E-state index in [0.717, 1.165) is 0 Å². The Morgan fingerprint density at radius 2 is 2.00 bits per heavy atom. The quantitative estimate of drug-likeness (QED) is 0.756. The number of H-pyrrole nitrogens is 1. The van der Waals surface area contributed by atoms with Crippen LogP contribution in [-0.4, -0.2) is 15.9 Å². The SMILES string of the molecule is O=C(CCc1nc2ccccc2c(=O)[nH]1)NCc1cccc(F)c1. The van der Waals surface area contributed by atoms with Gasteiger partial charge in [0, 0.05) is 19.4 Å². The highest BCUT2D eigenvalue weighted by Crippen LogP contribution is 2.07. The lowest BCUT2D eigenvalue weighted by Gasteiger charge is -2.06. The standard InChI is InChI=1S/C18H16FN3O2/c19-13-5-3-4-12(10-13)11-20-17(23)9-8-16-21-15-7-2-1-6-14(15)18(24)22-16/h1-7,10H,8-9,11H2,(H,20,23)(H,21,22,24). The maximum absolute atomic E-state index is 13.1. The van der Waals surface area contributed by atoms with E-state index in [1.165, 1.54) is 12.1 Å². The highest BCUT2D eigenvalue weighted by Gasteiger charge is 2.07. The van der Waals surface area contributed by atoms with Crippen molar-refractivity contribution in [1.82, 2.24) is 15.3 Å². The predicted octanol–water partition coefficient (Wildman–Crippen LogP) is 2.31. The number of amides is 1. The highest BCUT2D eigenvalue weighted by molar-refractivity contribution is 5.78. The molecule has 2 N–H and O–H groups in total. The van der Waals surface area contributed by atoms with Crippen LogP contribution in [0.2, 0.25) is 0 Å². The Balaban J connectivity index is 1.59. The van der Waals surface area contributed by atoms with Crippen LogP contribution in [0, 0.1) is 5.82 Å². The monoisotopic (exact) mass is 325 g/mol. The highest BCUT2D eigenvalue weighted by atomic mass is 19.1. The fourth-order valence-electron chi connectivity index (χ4n) is 2.42. The van der Waals surface area contributed by atoms with E-state index in [1.807, 2.05) is 6.07 Å². The van der Waals surface area contributed by atoms with Gasteiger partial charge in [-0.25, -0.2) is 9.37 Å². The van der Waals surface area contributed by atoms with E-state index in [1.54, 1.807) is 30.3 Å². The van der Waals surface area contributed by atoms with Gasteiger partial charge in [0.1, 0.15) is 11.6 Å². The summed E-state index contributed by atoms with van der Waals surface area (Å²) in [5, 5.41) is 3.25. The summed E-state index contributed by atoms with van der Waals surface area (Å²) in [5.74, 6) is -0.0469. The van der Waals surface area contributed by atoms with Crippen molar-refractivity contribution in [2.75, 3.05) is 0 Å². The molecule has 0 bridgehead atoms. The van der Waals surface area contributed by atoms with Crippen molar-refractivity contribution < 1.29 is 9.18 Å². The van der Waals surface area contributed by atoms with Crippen molar-refractivity contribution in [2.24, 2.45) is 0 Å². The minimum atomic E-state index is -0.334. The maximum Gasteiger partial charge on any atom is 0.258 e. The van der Waals surface area contributed by atoms with Crippen LogP contribution in [0.4, 0.5) is 4.39 Å². The Kier molecular flexibility index (Phi) is 4.65. The third-order valence-electron chi connectivity index (χ3n) is 3.63. The second-order valence-corrected chi connectivity index (χ2v) is 5.44. The molecule has 0 saturated heterocycles. The number of benzene rings is 2. The van der Waals surface area contributed by atoms with Crippen LogP contribution in [0.1, 0.15) is 17.8 Å². The Morgan fingerprint density at radius 1 is 1.17 bits per heavy atom. The molecule has 5 nitrogen and oxygen atoms in total. The number of para-hydroxylation sites is 1. The van der Waals surface area contributed by atoms with Crippen molar-refractivity contribution >= 4 is 16.8 Å². The zero-order chi connectivity index (χ0) is 16.9. The molecular formula is C18H16FN3O2. The first-order valence-corrected chi connectivity index (χ1v) is 7.61. The summed E-state index contributed by atoms with van der Waals surface area (Å²) in [6, 6.07) is 13.1. The van der Waals surface area contributed by atoms with Gasteiger partial charge in [0.2, 0.25) is 5.91 Å². The molecule has 1 amide bonds. The molecule has 0 fully saturated rings. The fourth-order valence-corrected chi connectivity index (χ4v) is 2.42. The second-order valence-electron chi connectivity index (χ2n) is 5.44. The number of nitrogens with zero attached hydrogens (tertiary/aromatic N) is 1. The average Bonchev–Trinajstić information content (AvgIpc) is 2.58. The topological polar surface area (TPSA) is 74.8 Å². The lowest BCUT2D eigenvalue weighted by Crippen LogP contribution is -2.23. The van der Waals surface area contributed by atoms with Gasteiger partial charge >= 0.3 is 0 Å². The van der Waals surface area contributed by atoms with Crippen molar-refractivity contribution in [2.45, 2.75) is 19.4 Å². The van der Waals surface area contributed by atoms with E-state index < -0.39 is 0 Å². The number of carbonyl (C=O) groups excluding carboxylic acids is 1. The molecule has 0 aliphatic heterocycles. The molecule has 0 radical (unpaired) electrons. The molecule has 122 valence electrons. The number of aromatic amines is 1. The minimum Gasteiger partial charge on any atom is -0.352 e. The molecule has 3 aromatic rings. The minimum absolute atomic E-state index is 0.185. The smallest absolute Gasteiger partial charge is 0.258 e. The van der Waals surface area contributed by atoms with Gasteiger partial charge in [0.15, 0.2) is 0 Å². The van der Waals surface area contributed by atoms with Crippen molar-refractivity contribution in [3.05, 3.63) is 76.1 Å². The number of aryl methyl sites for hydroxylation is 1. The zero-order valence-electron chi connectivity index (χ0n) is 12.9. The first-order chi connectivity index (χ1) is 11.6. The van der Waals surface area contributed by atoms with Gasteiger partial charge in [0.05, 0.1) is 10.9 Å². The zero-order valence-corrected chi connectivity index (χ0v) is 12.9. The van der Waals surface area contributed by atoms with Crippen LogP contribution in [-0.2, 0) is 17.8 Å². The summed E-state index contributed by atoms with van der Waals surface area (Å²) in [4.78, 5) is 30.9. The molecule has 6 heteroatoms. The van der Waals surface area contributed by atoms with Gasteiger partial charge in [-0.1, -0.05) is 24.3 Å². The van der Waals surface area contributed by atoms with Crippen molar-refractivity contribution in [1.29, 1.82) is 0 Å². The number of halogens is 1. The molecule has 0 saturated carbocycles. The number of hydrogen-bond donors (Lipinski definition) is 2. The molecule has 0 spiro atoms. The largest absolute Gasteiger partial charge is 0.352 e. The molecule has 0 unspecified atom stereocenters. The van der Waals surface area contributed by atoms with Gasteiger partial charge in [-0.2, -0.15) is 0 Å². The number of carbonyl (C=O) groups is 1. The molecule has 0 aliphatic carbocycles. The van der Waals surface area contributed by atoms with E-state index in [4.69, 9.17) is 0 Å². The summed E-state index contributed by atoms with van der Waals surface area (Å²) in [6.45, 7) is 0.262. The summed E-state index contributed by atoms with van der Waals surface area (Å²) in [5.41, 5.74) is 1.09. The number of fused-ring (bicyclic) bond motifs is 1. The van der Waals surface area contributed by atoms with Gasteiger partial charge in [-0.3, -0.25) is 9.59 Å². The first kappa shape index (κ1) is 15.9. The summed E-state index contributed by atoms with van der Waals surface area (Å²) in [7, 11) is 0. The van der Waals surface area contributed by atoms with Crippen LogP contribution in [0.25, 0.3) is 10.9 Å². The molecule has 1 heterocycles. The van der Waals surface area contributed by atoms with E-state index in [0.29, 0.717) is 28.7 Å². The normalized spacial score (nSPS) is 10.7. The van der Waals surface area contributed by atoms with Crippen LogP contribution >= 0.6 is 0 Å². The maximum atomic E-state index is 13.1. The molecule has 0 atom stereocenters. The summed E-state index contributed by atoms with van der Waals surface area (Å²) < 4.78 is 13.1. The molecule has 2 aromatic carbocycles. The van der Waals surface area contributed by atoms with Gasteiger partial charge in [-0.05, 0) is 29.8 Å². The molecular weight excluding hydrogens is 309 g/mol. The average molecular weight is 325 g/mol. The van der Waals surface area contributed by atoms with Crippen molar-refractivity contribution in [3.63, 3.8) is 0 Å². The van der Waals surface area contributed by atoms with Crippen molar-refractivity contribution in [3.8, 4) is 0 Å². The Hall–Kier alpha value is -3.02. The number of hydrogen-bond acceptors (Lipinski definition) is 3. The van der Waals surface area contributed by atoms with Gasteiger partial charge < -0.3 is 10.3 Å². The molecule has 3 rings (SSSR count). The second kappa shape index (κ2) is 7.04. The molecule has 1 aromatic heterocycles. The van der Waals surface area contributed by atoms with E-state index in [2.05, 4.69) is 15.3 Å². The van der Waals surface area contributed by atoms with Gasteiger partial charge in [-0.15, -0.1) is 0 Å². The lowest BCUT2D eigenvalue weighted by molar-refractivity contribution is -0.121. The van der Waals surface area contributed by atoms with E-state index in [-0.39, 0.29) is 30.2 Å². The van der Waals surface area contributed by atoms with Crippen LogP contribution in [0.5, 0.6) is 0 Å². The predicted molar refractivity (Wildman–Crippen MR) is 88.9 cm³/mol. The van der Waals surface area contributed by atoms with Crippen LogP contribution in [0.3, 0.4) is 0 Å². The van der Waals surface area contributed by atoms with E-state index >= 15 is 0 Å². The fraction of sp³-hybridized carbons (Fsp3) is 0.167.